The number of rotatable bonds is 1. The van der Waals surface area contributed by atoms with E-state index in [-0.39, 0.29) is 5.41 Å². The zero-order chi connectivity index (χ0) is 10.1. The fourth-order valence-electron chi connectivity index (χ4n) is 1.61. The third-order valence-electron chi connectivity index (χ3n) is 2.30. The SMILES string of the molecule is [CH2]C(C)c1ccccc1C(C)(C)C. The molecule has 0 saturated carbocycles. The van der Waals surface area contributed by atoms with Crippen molar-refractivity contribution in [2.24, 2.45) is 0 Å². The fourth-order valence-corrected chi connectivity index (χ4v) is 1.61. The zero-order valence-electron chi connectivity index (χ0n) is 9.09. The quantitative estimate of drug-likeness (QED) is 0.607. The summed E-state index contributed by atoms with van der Waals surface area (Å²) in [7, 11) is 0. The van der Waals surface area contributed by atoms with Crippen molar-refractivity contribution in [3.05, 3.63) is 42.3 Å². The van der Waals surface area contributed by atoms with E-state index in [2.05, 4.69) is 58.9 Å². The zero-order valence-corrected chi connectivity index (χ0v) is 9.09. The van der Waals surface area contributed by atoms with E-state index < -0.39 is 0 Å². The van der Waals surface area contributed by atoms with Crippen molar-refractivity contribution in [2.45, 2.75) is 39.0 Å². The molecule has 0 bridgehead atoms. The Kier molecular flexibility index (Phi) is 2.80. The van der Waals surface area contributed by atoms with Crippen LogP contribution in [0.1, 0.15) is 44.7 Å². The number of benzene rings is 1. The van der Waals surface area contributed by atoms with Gasteiger partial charge in [-0.25, -0.2) is 0 Å². The molecular formula is C13H19. The van der Waals surface area contributed by atoms with Gasteiger partial charge in [0.05, 0.1) is 0 Å². The minimum atomic E-state index is 0.225. The van der Waals surface area contributed by atoms with Crippen LogP contribution in [0, 0.1) is 6.92 Å². The van der Waals surface area contributed by atoms with Gasteiger partial charge in [0.25, 0.3) is 0 Å². The minimum Gasteiger partial charge on any atom is -0.0620 e. The second-order valence-electron chi connectivity index (χ2n) is 4.74. The van der Waals surface area contributed by atoms with Gasteiger partial charge in [0.15, 0.2) is 0 Å². The smallest absolute Gasteiger partial charge is 0.0129 e. The number of hydrogen-bond donors (Lipinski definition) is 0. The first-order chi connectivity index (χ1) is 5.93. The van der Waals surface area contributed by atoms with Crippen LogP contribution in [-0.4, -0.2) is 0 Å². The van der Waals surface area contributed by atoms with Crippen molar-refractivity contribution >= 4 is 0 Å². The van der Waals surface area contributed by atoms with Crippen LogP contribution in [0.2, 0.25) is 0 Å². The summed E-state index contributed by atoms with van der Waals surface area (Å²) in [6, 6.07) is 8.58. The van der Waals surface area contributed by atoms with Gasteiger partial charge in [-0.2, -0.15) is 0 Å². The van der Waals surface area contributed by atoms with Crippen LogP contribution in [0.15, 0.2) is 24.3 Å². The molecule has 0 aliphatic heterocycles. The Labute approximate surface area is 82.0 Å². The Morgan fingerprint density at radius 3 is 2.08 bits per heavy atom. The van der Waals surface area contributed by atoms with Gasteiger partial charge in [0.1, 0.15) is 0 Å². The Morgan fingerprint density at radius 1 is 1.15 bits per heavy atom. The van der Waals surface area contributed by atoms with E-state index in [9.17, 15) is 0 Å². The van der Waals surface area contributed by atoms with E-state index >= 15 is 0 Å². The molecule has 0 heterocycles. The van der Waals surface area contributed by atoms with E-state index in [0.717, 1.165) is 0 Å². The molecule has 1 rings (SSSR count). The average molecular weight is 175 g/mol. The summed E-state index contributed by atoms with van der Waals surface area (Å²) in [5.74, 6) is 0.371. The van der Waals surface area contributed by atoms with E-state index in [1.165, 1.54) is 11.1 Å². The first-order valence-electron chi connectivity index (χ1n) is 4.85. The highest BCUT2D eigenvalue weighted by Gasteiger charge is 2.18. The van der Waals surface area contributed by atoms with Gasteiger partial charge in [-0.15, -0.1) is 0 Å². The Hall–Kier alpha value is -0.780. The maximum atomic E-state index is 4.08. The molecule has 13 heavy (non-hydrogen) atoms. The molecule has 0 fully saturated rings. The van der Waals surface area contributed by atoms with Gasteiger partial charge < -0.3 is 0 Å². The normalized spacial score (nSPS) is 12.2. The van der Waals surface area contributed by atoms with E-state index in [0.29, 0.717) is 5.92 Å². The molecule has 0 aromatic heterocycles. The Bertz CT molecular complexity index is 276. The third-order valence-corrected chi connectivity index (χ3v) is 2.30. The van der Waals surface area contributed by atoms with Crippen LogP contribution in [0.5, 0.6) is 0 Å². The topological polar surface area (TPSA) is 0 Å². The van der Waals surface area contributed by atoms with Crippen molar-refractivity contribution in [3.8, 4) is 0 Å². The number of hydrogen-bond acceptors (Lipinski definition) is 0. The van der Waals surface area contributed by atoms with Gasteiger partial charge in [0, 0.05) is 0 Å². The minimum absolute atomic E-state index is 0.225. The van der Waals surface area contributed by atoms with Crippen molar-refractivity contribution < 1.29 is 0 Å². The highest BCUT2D eigenvalue weighted by atomic mass is 14.2. The second-order valence-corrected chi connectivity index (χ2v) is 4.74. The molecule has 0 aliphatic carbocycles. The van der Waals surface area contributed by atoms with E-state index in [4.69, 9.17) is 0 Å². The van der Waals surface area contributed by atoms with Crippen molar-refractivity contribution in [1.29, 1.82) is 0 Å². The molecule has 0 spiro atoms. The highest BCUT2D eigenvalue weighted by molar-refractivity contribution is 5.35. The molecule has 0 N–H and O–H groups in total. The molecule has 0 amide bonds. The van der Waals surface area contributed by atoms with Gasteiger partial charge in [-0.05, 0) is 29.4 Å². The molecule has 0 aliphatic rings. The Morgan fingerprint density at radius 2 is 1.69 bits per heavy atom. The van der Waals surface area contributed by atoms with Crippen molar-refractivity contribution in [2.75, 3.05) is 0 Å². The molecule has 0 nitrogen and oxygen atoms in total. The van der Waals surface area contributed by atoms with Gasteiger partial charge in [-0.3, -0.25) is 0 Å². The maximum Gasteiger partial charge on any atom is -0.0129 e. The summed E-state index contributed by atoms with van der Waals surface area (Å²) in [6.45, 7) is 13.0. The van der Waals surface area contributed by atoms with Gasteiger partial charge >= 0.3 is 0 Å². The van der Waals surface area contributed by atoms with Crippen LogP contribution in [0.3, 0.4) is 0 Å². The lowest BCUT2D eigenvalue weighted by Crippen LogP contribution is -2.14. The molecule has 1 unspecified atom stereocenters. The predicted octanol–water partition coefficient (Wildman–Crippen LogP) is 3.92. The monoisotopic (exact) mass is 175 g/mol. The first-order valence-corrected chi connectivity index (χ1v) is 4.85. The van der Waals surface area contributed by atoms with Crippen LogP contribution in [0.25, 0.3) is 0 Å². The van der Waals surface area contributed by atoms with E-state index in [1.54, 1.807) is 0 Å². The summed E-state index contributed by atoms with van der Waals surface area (Å²) < 4.78 is 0. The molecule has 1 aromatic carbocycles. The second kappa shape index (κ2) is 3.53. The summed E-state index contributed by atoms with van der Waals surface area (Å²) in [5.41, 5.74) is 3.01. The average Bonchev–Trinajstić information content (AvgIpc) is 2.03. The summed E-state index contributed by atoms with van der Waals surface area (Å²) in [4.78, 5) is 0. The standard InChI is InChI=1S/C13H19/c1-10(2)11-8-6-7-9-12(11)13(3,4)5/h6-10H,1H2,2-5H3. The van der Waals surface area contributed by atoms with Gasteiger partial charge in [0.2, 0.25) is 0 Å². The molecule has 0 heteroatoms. The molecule has 0 saturated heterocycles. The van der Waals surface area contributed by atoms with Gasteiger partial charge in [-0.1, -0.05) is 52.0 Å². The van der Waals surface area contributed by atoms with Crippen molar-refractivity contribution in [3.63, 3.8) is 0 Å². The molecular weight excluding hydrogens is 156 g/mol. The molecule has 1 aromatic rings. The summed E-state index contributed by atoms with van der Waals surface area (Å²) in [6.07, 6.45) is 0. The molecule has 1 radical (unpaired) electrons. The van der Waals surface area contributed by atoms with Crippen LogP contribution < -0.4 is 0 Å². The van der Waals surface area contributed by atoms with Crippen molar-refractivity contribution in [1.82, 2.24) is 0 Å². The largest absolute Gasteiger partial charge is 0.0620 e. The highest BCUT2D eigenvalue weighted by Crippen LogP contribution is 2.29. The Balaban J connectivity index is 3.20. The predicted molar refractivity (Wildman–Crippen MR) is 58.9 cm³/mol. The molecule has 71 valence electrons. The van der Waals surface area contributed by atoms with Crippen LogP contribution >= 0.6 is 0 Å². The van der Waals surface area contributed by atoms with Crippen LogP contribution in [0.4, 0.5) is 0 Å². The molecule has 1 atom stereocenters. The lowest BCUT2D eigenvalue weighted by Gasteiger charge is -2.24. The maximum absolute atomic E-state index is 4.08. The lowest BCUT2D eigenvalue weighted by molar-refractivity contribution is 0.580. The summed E-state index contributed by atoms with van der Waals surface area (Å²) in [5, 5.41) is 0. The third kappa shape index (κ3) is 2.33. The lowest BCUT2D eigenvalue weighted by atomic mass is 9.81. The first kappa shape index (κ1) is 10.3. The summed E-state index contributed by atoms with van der Waals surface area (Å²) >= 11 is 0. The van der Waals surface area contributed by atoms with E-state index in [1.807, 2.05) is 0 Å². The van der Waals surface area contributed by atoms with Crippen LogP contribution in [-0.2, 0) is 5.41 Å². The fraction of sp³-hybridized carbons (Fsp3) is 0.462.